The van der Waals surface area contributed by atoms with Gasteiger partial charge in [-0.1, -0.05) is 27.7 Å². The van der Waals surface area contributed by atoms with E-state index in [0.717, 1.165) is 6.42 Å². The average Bonchev–Trinajstić information content (AvgIpc) is 2.20. The van der Waals surface area contributed by atoms with Gasteiger partial charge in [0, 0.05) is 6.54 Å². The molecule has 0 aromatic heterocycles. The smallest absolute Gasteiger partial charge is 0.239 e. The van der Waals surface area contributed by atoms with E-state index in [1.54, 1.807) is 0 Å². The van der Waals surface area contributed by atoms with E-state index in [9.17, 15) is 9.59 Å². The van der Waals surface area contributed by atoms with Crippen molar-refractivity contribution in [2.45, 2.75) is 40.2 Å². The van der Waals surface area contributed by atoms with Crippen molar-refractivity contribution in [2.24, 2.45) is 11.1 Å². The van der Waals surface area contributed by atoms with Crippen molar-refractivity contribution in [1.29, 1.82) is 0 Å². The van der Waals surface area contributed by atoms with Crippen LogP contribution in [0.3, 0.4) is 0 Å². The second-order valence-corrected chi connectivity index (χ2v) is 4.91. The van der Waals surface area contributed by atoms with Crippen molar-refractivity contribution in [1.82, 2.24) is 10.6 Å². The van der Waals surface area contributed by atoms with Gasteiger partial charge in [-0.2, -0.15) is 0 Å². The second kappa shape index (κ2) is 6.48. The molecule has 16 heavy (non-hydrogen) atoms. The van der Waals surface area contributed by atoms with Crippen LogP contribution < -0.4 is 16.4 Å². The summed E-state index contributed by atoms with van der Waals surface area (Å²) in [6.45, 7) is 8.23. The van der Waals surface area contributed by atoms with Gasteiger partial charge in [-0.3, -0.25) is 9.59 Å². The van der Waals surface area contributed by atoms with Crippen molar-refractivity contribution in [3.8, 4) is 0 Å². The van der Waals surface area contributed by atoms with Gasteiger partial charge in [-0.25, -0.2) is 0 Å². The first-order valence-corrected chi connectivity index (χ1v) is 5.59. The number of nitrogens with two attached hydrogens (primary N) is 1. The molecule has 0 heterocycles. The van der Waals surface area contributed by atoms with Crippen LogP contribution in [0.1, 0.15) is 34.1 Å². The van der Waals surface area contributed by atoms with Crippen LogP contribution >= 0.6 is 0 Å². The van der Waals surface area contributed by atoms with Gasteiger partial charge in [-0.15, -0.1) is 0 Å². The molecule has 0 aromatic carbocycles. The molecule has 4 N–H and O–H groups in total. The molecule has 0 aliphatic carbocycles. The molecule has 5 nitrogen and oxygen atoms in total. The summed E-state index contributed by atoms with van der Waals surface area (Å²) in [6, 6.07) is -0.605. The van der Waals surface area contributed by atoms with Crippen LogP contribution in [0.2, 0.25) is 0 Å². The highest BCUT2D eigenvalue weighted by Crippen LogP contribution is 2.16. The number of hydrogen-bond acceptors (Lipinski definition) is 3. The standard InChI is InChI=1S/C11H23N3O2/c1-5-6-13-8(15)7-14-10(16)9(12)11(2,3)4/h9H,5-7,12H2,1-4H3,(H,13,15)(H,14,16). The van der Waals surface area contributed by atoms with E-state index >= 15 is 0 Å². The second-order valence-electron chi connectivity index (χ2n) is 4.91. The predicted octanol–water partition coefficient (Wildman–Crippen LogP) is 0.00220. The average molecular weight is 229 g/mol. The fourth-order valence-electron chi connectivity index (χ4n) is 0.998. The quantitative estimate of drug-likeness (QED) is 0.620. The van der Waals surface area contributed by atoms with Gasteiger partial charge >= 0.3 is 0 Å². The summed E-state index contributed by atoms with van der Waals surface area (Å²) in [5, 5.41) is 5.19. The molecule has 0 rings (SSSR count). The molecular formula is C11H23N3O2. The summed E-state index contributed by atoms with van der Waals surface area (Å²) in [4.78, 5) is 22.8. The molecule has 0 bridgehead atoms. The van der Waals surface area contributed by atoms with Crippen molar-refractivity contribution in [3.63, 3.8) is 0 Å². The lowest BCUT2D eigenvalue weighted by molar-refractivity contribution is -0.128. The minimum atomic E-state index is -0.605. The molecule has 5 heteroatoms. The molecule has 0 spiro atoms. The Morgan fingerprint density at radius 3 is 2.25 bits per heavy atom. The topological polar surface area (TPSA) is 84.2 Å². The zero-order valence-electron chi connectivity index (χ0n) is 10.6. The number of nitrogens with one attached hydrogen (secondary N) is 2. The zero-order valence-corrected chi connectivity index (χ0v) is 10.6. The Hall–Kier alpha value is -1.10. The fourth-order valence-corrected chi connectivity index (χ4v) is 0.998. The number of carbonyl (C=O) groups excluding carboxylic acids is 2. The highest BCUT2D eigenvalue weighted by atomic mass is 16.2. The normalized spacial score (nSPS) is 13.1. The van der Waals surface area contributed by atoms with Crippen LogP contribution in [0.15, 0.2) is 0 Å². The van der Waals surface area contributed by atoms with E-state index < -0.39 is 6.04 Å². The number of rotatable bonds is 5. The third kappa shape index (κ3) is 5.70. The maximum atomic E-state index is 11.6. The van der Waals surface area contributed by atoms with Gasteiger partial charge in [0.25, 0.3) is 0 Å². The van der Waals surface area contributed by atoms with Crippen molar-refractivity contribution in [2.75, 3.05) is 13.1 Å². The van der Waals surface area contributed by atoms with Gasteiger partial charge in [0.15, 0.2) is 0 Å². The summed E-state index contributed by atoms with van der Waals surface area (Å²) in [7, 11) is 0. The summed E-state index contributed by atoms with van der Waals surface area (Å²) in [5.74, 6) is -0.476. The van der Waals surface area contributed by atoms with Crippen molar-refractivity contribution >= 4 is 11.8 Å². The summed E-state index contributed by atoms with van der Waals surface area (Å²) in [6.07, 6.45) is 0.876. The summed E-state index contributed by atoms with van der Waals surface area (Å²) < 4.78 is 0. The van der Waals surface area contributed by atoms with E-state index in [-0.39, 0.29) is 23.8 Å². The van der Waals surface area contributed by atoms with Crippen LogP contribution in [0.5, 0.6) is 0 Å². The molecular weight excluding hydrogens is 206 g/mol. The highest BCUT2D eigenvalue weighted by Gasteiger charge is 2.27. The number of amides is 2. The Labute approximate surface area is 97.2 Å². The third-order valence-corrected chi connectivity index (χ3v) is 2.21. The van der Waals surface area contributed by atoms with E-state index in [4.69, 9.17) is 5.73 Å². The highest BCUT2D eigenvalue weighted by molar-refractivity contribution is 5.87. The van der Waals surface area contributed by atoms with E-state index in [0.29, 0.717) is 6.54 Å². The number of carbonyl (C=O) groups is 2. The third-order valence-electron chi connectivity index (χ3n) is 2.21. The first-order chi connectivity index (χ1) is 7.29. The first kappa shape index (κ1) is 14.9. The first-order valence-electron chi connectivity index (χ1n) is 5.59. The minimum absolute atomic E-state index is 0.0113. The van der Waals surface area contributed by atoms with Crippen molar-refractivity contribution < 1.29 is 9.59 Å². The summed E-state index contributed by atoms with van der Waals surface area (Å²) in [5.41, 5.74) is 5.44. The van der Waals surface area contributed by atoms with E-state index in [2.05, 4.69) is 10.6 Å². The fraction of sp³-hybridized carbons (Fsp3) is 0.818. The Kier molecular flexibility index (Phi) is 6.03. The van der Waals surface area contributed by atoms with Gasteiger partial charge in [-0.05, 0) is 11.8 Å². The van der Waals surface area contributed by atoms with Gasteiger partial charge in [0.1, 0.15) is 0 Å². The molecule has 1 atom stereocenters. The van der Waals surface area contributed by atoms with Gasteiger partial charge < -0.3 is 16.4 Å². The van der Waals surface area contributed by atoms with Crippen molar-refractivity contribution in [3.05, 3.63) is 0 Å². The minimum Gasteiger partial charge on any atom is -0.355 e. The lowest BCUT2D eigenvalue weighted by atomic mass is 9.87. The lowest BCUT2D eigenvalue weighted by Gasteiger charge is -2.25. The molecule has 0 aliphatic rings. The molecule has 0 aliphatic heterocycles. The van der Waals surface area contributed by atoms with Crippen LogP contribution in [0.4, 0.5) is 0 Å². The SMILES string of the molecule is CCCNC(=O)CNC(=O)C(N)C(C)(C)C. The van der Waals surface area contributed by atoms with E-state index in [1.807, 2.05) is 27.7 Å². The molecule has 1 unspecified atom stereocenters. The van der Waals surface area contributed by atoms with Gasteiger partial charge in [0.05, 0.1) is 12.6 Å². The van der Waals surface area contributed by atoms with Crippen LogP contribution in [-0.2, 0) is 9.59 Å². The Morgan fingerprint density at radius 1 is 1.25 bits per heavy atom. The summed E-state index contributed by atoms with van der Waals surface area (Å²) >= 11 is 0. The van der Waals surface area contributed by atoms with Gasteiger partial charge in [0.2, 0.25) is 11.8 Å². The maximum absolute atomic E-state index is 11.6. The molecule has 2 amide bonds. The molecule has 94 valence electrons. The lowest BCUT2D eigenvalue weighted by Crippen LogP contribution is -2.50. The molecule has 0 fully saturated rings. The van der Waals surface area contributed by atoms with Crippen LogP contribution in [0, 0.1) is 5.41 Å². The Balaban J connectivity index is 3.94. The zero-order chi connectivity index (χ0) is 12.8. The monoisotopic (exact) mass is 229 g/mol. The molecule has 0 radical (unpaired) electrons. The van der Waals surface area contributed by atoms with Crippen LogP contribution in [-0.4, -0.2) is 30.9 Å². The Morgan fingerprint density at radius 2 is 1.81 bits per heavy atom. The maximum Gasteiger partial charge on any atom is 0.239 e. The Bertz CT molecular complexity index is 246. The number of hydrogen-bond donors (Lipinski definition) is 3. The molecule has 0 saturated heterocycles. The van der Waals surface area contributed by atoms with Crippen LogP contribution in [0.25, 0.3) is 0 Å². The largest absolute Gasteiger partial charge is 0.355 e. The van der Waals surface area contributed by atoms with E-state index in [1.165, 1.54) is 0 Å². The molecule has 0 aromatic rings. The molecule has 0 saturated carbocycles. The predicted molar refractivity (Wildman–Crippen MR) is 63.7 cm³/mol.